The molecule has 0 saturated heterocycles. The van der Waals surface area contributed by atoms with Crippen LogP contribution in [-0.4, -0.2) is 13.2 Å². The van der Waals surface area contributed by atoms with Crippen LogP contribution in [-0.2, 0) is 13.6 Å². The largest absolute Gasteiger partial charge is 0.351 e. The van der Waals surface area contributed by atoms with Gasteiger partial charge >= 0.3 is 7.60 Å². The monoisotopic (exact) mass is 311 g/mol. The second kappa shape index (κ2) is 6.90. The summed E-state index contributed by atoms with van der Waals surface area (Å²) < 4.78 is 22.9. The Morgan fingerprint density at radius 1 is 1.28 bits per heavy atom. The minimum absolute atomic E-state index is 0.246. The summed E-state index contributed by atoms with van der Waals surface area (Å²) >= 11 is 11.8. The number of halogens is 2. The molecule has 1 atom stereocenters. The van der Waals surface area contributed by atoms with E-state index >= 15 is 0 Å². The SMILES string of the molecule is CCOP(=O)(OCC)[C@@H](N)c1ccc(Cl)cc1Cl. The maximum absolute atomic E-state index is 12.5. The molecule has 0 aliphatic rings. The first kappa shape index (κ1) is 16.0. The second-order valence-corrected chi connectivity index (χ2v) is 6.48. The number of nitrogens with two attached hydrogens (primary N) is 1. The van der Waals surface area contributed by atoms with Gasteiger partial charge in [-0.1, -0.05) is 29.3 Å². The van der Waals surface area contributed by atoms with E-state index in [0.29, 0.717) is 15.6 Å². The van der Waals surface area contributed by atoms with Crippen molar-refractivity contribution in [2.45, 2.75) is 19.6 Å². The molecule has 102 valence electrons. The Balaban J connectivity index is 3.09. The molecule has 7 heteroatoms. The molecular formula is C11H16Cl2NO3P. The summed E-state index contributed by atoms with van der Waals surface area (Å²) in [7, 11) is -3.42. The fourth-order valence-electron chi connectivity index (χ4n) is 1.47. The van der Waals surface area contributed by atoms with E-state index in [0.717, 1.165) is 0 Å². The number of rotatable bonds is 6. The molecule has 4 nitrogen and oxygen atoms in total. The molecule has 0 bridgehead atoms. The van der Waals surface area contributed by atoms with Crippen LogP contribution in [0.1, 0.15) is 25.2 Å². The first-order valence-electron chi connectivity index (χ1n) is 5.54. The van der Waals surface area contributed by atoms with Crippen LogP contribution < -0.4 is 5.73 Å². The van der Waals surface area contributed by atoms with Gasteiger partial charge < -0.3 is 14.8 Å². The van der Waals surface area contributed by atoms with Gasteiger partial charge in [0.15, 0.2) is 0 Å². The van der Waals surface area contributed by atoms with Crippen molar-refractivity contribution in [3.05, 3.63) is 33.8 Å². The van der Waals surface area contributed by atoms with Crippen LogP contribution in [0.25, 0.3) is 0 Å². The summed E-state index contributed by atoms with van der Waals surface area (Å²) in [6.07, 6.45) is 0. The molecule has 1 aromatic carbocycles. The molecule has 1 rings (SSSR count). The molecule has 0 aliphatic carbocycles. The minimum Gasteiger partial charge on any atom is -0.314 e. The van der Waals surface area contributed by atoms with Crippen molar-refractivity contribution in [2.24, 2.45) is 5.73 Å². The van der Waals surface area contributed by atoms with Gasteiger partial charge in [0.1, 0.15) is 5.78 Å². The fourth-order valence-corrected chi connectivity index (χ4v) is 3.75. The van der Waals surface area contributed by atoms with E-state index in [2.05, 4.69) is 0 Å². The van der Waals surface area contributed by atoms with Gasteiger partial charge in [-0.2, -0.15) is 0 Å². The van der Waals surface area contributed by atoms with Gasteiger partial charge in [-0.15, -0.1) is 0 Å². The van der Waals surface area contributed by atoms with Crippen molar-refractivity contribution < 1.29 is 13.6 Å². The van der Waals surface area contributed by atoms with Crippen LogP contribution in [0.2, 0.25) is 10.0 Å². The quantitative estimate of drug-likeness (QED) is 0.799. The summed E-state index contributed by atoms with van der Waals surface area (Å²) in [5.74, 6) is -0.929. The standard InChI is InChI=1S/C11H16Cl2NO3P/c1-3-16-18(15,17-4-2)11(14)9-6-5-8(12)7-10(9)13/h5-7,11H,3-4,14H2,1-2H3/t11-/m1/s1. The molecule has 0 aromatic heterocycles. The maximum Gasteiger partial charge on any atom is 0.351 e. The Morgan fingerprint density at radius 2 is 1.83 bits per heavy atom. The molecule has 0 radical (unpaired) electrons. The maximum atomic E-state index is 12.5. The van der Waals surface area contributed by atoms with Crippen molar-refractivity contribution in [3.63, 3.8) is 0 Å². The fraction of sp³-hybridized carbons (Fsp3) is 0.455. The molecular weight excluding hydrogens is 296 g/mol. The van der Waals surface area contributed by atoms with Gasteiger partial charge in [-0.05, 0) is 31.5 Å². The molecule has 0 unspecified atom stereocenters. The number of hydrogen-bond donors (Lipinski definition) is 1. The molecule has 0 heterocycles. The molecule has 0 spiro atoms. The van der Waals surface area contributed by atoms with Gasteiger partial charge in [0.2, 0.25) is 0 Å². The molecule has 18 heavy (non-hydrogen) atoms. The Hall–Kier alpha value is -0.0900. The van der Waals surface area contributed by atoms with Crippen molar-refractivity contribution in [1.29, 1.82) is 0 Å². The van der Waals surface area contributed by atoms with Crippen LogP contribution in [0.5, 0.6) is 0 Å². The molecule has 2 N–H and O–H groups in total. The van der Waals surface area contributed by atoms with Crippen LogP contribution in [0.4, 0.5) is 0 Å². The molecule has 0 amide bonds. The third-order valence-electron chi connectivity index (χ3n) is 2.24. The molecule has 0 fully saturated rings. The van der Waals surface area contributed by atoms with E-state index in [1.165, 1.54) is 0 Å². The highest BCUT2D eigenvalue weighted by atomic mass is 35.5. The third-order valence-corrected chi connectivity index (χ3v) is 5.00. The molecule has 0 aliphatic heterocycles. The zero-order chi connectivity index (χ0) is 13.8. The predicted octanol–water partition coefficient (Wildman–Crippen LogP) is 4.22. The first-order chi connectivity index (χ1) is 8.44. The summed E-state index contributed by atoms with van der Waals surface area (Å²) in [6.45, 7) is 3.94. The van der Waals surface area contributed by atoms with E-state index < -0.39 is 13.4 Å². The second-order valence-electron chi connectivity index (χ2n) is 3.49. The van der Waals surface area contributed by atoms with E-state index in [4.69, 9.17) is 38.0 Å². The average molecular weight is 312 g/mol. The van der Waals surface area contributed by atoms with E-state index in [1.807, 2.05) is 0 Å². The van der Waals surface area contributed by atoms with E-state index in [1.54, 1.807) is 32.0 Å². The van der Waals surface area contributed by atoms with Crippen molar-refractivity contribution in [3.8, 4) is 0 Å². The van der Waals surface area contributed by atoms with Gasteiger partial charge in [0.05, 0.1) is 13.2 Å². The van der Waals surface area contributed by atoms with E-state index in [-0.39, 0.29) is 13.2 Å². The van der Waals surface area contributed by atoms with Crippen molar-refractivity contribution >= 4 is 30.8 Å². The Morgan fingerprint density at radius 3 is 2.28 bits per heavy atom. The number of benzene rings is 1. The van der Waals surface area contributed by atoms with Gasteiger partial charge in [0, 0.05) is 10.0 Å². The lowest BCUT2D eigenvalue weighted by Crippen LogP contribution is -2.15. The Bertz CT molecular complexity index is 446. The lowest BCUT2D eigenvalue weighted by molar-refractivity contribution is 0.212. The Kier molecular flexibility index (Phi) is 6.12. The first-order valence-corrected chi connectivity index (χ1v) is 7.90. The average Bonchev–Trinajstić information content (AvgIpc) is 2.29. The minimum atomic E-state index is -3.42. The summed E-state index contributed by atoms with van der Waals surface area (Å²) in [6, 6.07) is 4.80. The topological polar surface area (TPSA) is 61.5 Å². The summed E-state index contributed by atoms with van der Waals surface area (Å²) in [5, 5.41) is 0.827. The van der Waals surface area contributed by atoms with Crippen molar-refractivity contribution in [2.75, 3.05) is 13.2 Å². The zero-order valence-electron chi connectivity index (χ0n) is 10.2. The smallest absolute Gasteiger partial charge is 0.314 e. The van der Waals surface area contributed by atoms with Crippen LogP contribution in [0.3, 0.4) is 0 Å². The highest BCUT2D eigenvalue weighted by Crippen LogP contribution is 2.59. The van der Waals surface area contributed by atoms with Crippen LogP contribution in [0.15, 0.2) is 18.2 Å². The van der Waals surface area contributed by atoms with Crippen molar-refractivity contribution in [1.82, 2.24) is 0 Å². The highest BCUT2D eigenvalue weighted by molar-refractivity contribution is 7.54. The molecule has 1 aromatic rings. The predicted molar refractivity (Wildman–Crippen MR) is 74.2 cm³/mol. The lowest BCUT2D eigenvalue weighted by atomic mass is 10.2. The lowest BCUT2D eigenvalue weighted by Gasteiger charge is -2.24. The highest BCUT2D eigenvalue weighted by Gasteiger charge is 2.35. The van der Waals surface area contributed by atoms with Crippen LogP contribution in [0, 0.1) is 0 Å². The third kappa shape index (κ3) is 3.70. The Labute approximate surface area is 117 Å². The van der Waals surface area contributed by atoms with Gasteiger partial charge in [0.25, 0.3) is 0 Å². The zero-order valence-corrected chi connectivity index (χ0v) is 12.6. The summed E-state index contributed by atoms with van der Waals surface area (Å²) in [5.41, 5.74) is 6.45. The summed E-state index contributed by atoms with van der Waals surface area (Å²) in [4.78, 5) is 0. The van der Waals surface area contributed by atoms with Gasteiger partial charge in [-0.3, -0.25) is 4.57 Å². The normalized spacial score (nSPS) is 13.6. The van der Waals surface area contributed by atoms with Gasteiger partial charge in [-0.25, -0.2) is 0 Å². The number of hydrogen-bond acceptors (Lipinski definition) is 4. The molecule has 0 saturated carbocycles. The van der Waals surface area contributed by atoms with E-state index in [9.17, 15) is 4.57 Å². The van der Waals surface area contributed by atoms with Crippen LogP contribution >= 0.6 is 30.8 Å².